The third kappa shape index (κ3) is 3.83. The zero-order chi connectivity index (χ0) is 26.6. The first kappa shape index (κ1) is 24.7. The monoisotopic (exact) mass is 524 g/mol. The molecule has 0 bridgehead atoms. The highest BCUT2D eigenvalue weighted by Crippen LogP contribution is 2.48. The minimum Gasteiger partial charge on any atom is -0.496 e. The fourth-order valence-corrected chi connectivity index (χ4v) is 5.39. The van der Waals surface area contributed by atoms with Gasteiger partial charge >= 0.3 is 5.97 Å². The predicted octanol–water partition coefficient (Wildman–Crippen LogP) is 3.35. The van der Waals surface area contributed by atoms with Crippen molar-refractivity contribution in [2.24, 2.45) is 0 Å². The molecular formula is C28H28O10. The molecule has 0 amide bonds. The lowest BCUT2D eigenvalue weighted by atomic mass is 9.88. The van der Waals surface area contributed by atoms with E-state index in [-0.39, 0.29) is 20.0 Å². The van der Waals surface area contributed by atoms with Crippen LogP contribution in [0.3, 0.4) is 0 Å². The summed E-state index contributed by atoms with van der Waals surface area (Å²) in [7, 11) is 4.62. The summed E-state index contributed by atoms with van der Waals surface area (Å²) < 4.78 is 45.3. The summed E-state index contributed by atoms with van der Waals surface area (Å²) >= 11 is 0. The van der Waals surface area contributed by atoms with Crippen LogP contribution < -0.4 is 18.9 Å². The highest BCUT2D eigenvalue weighted by Gasteiger charge is 2.43. The number of carbonyl (C=O) groups is 1. The van der Waals surface area contributed by atoms with Crippen molar-refractivity contribution in [1.82, 2.24) is 0 Å². The van der Waals surface area contributed by atoms with E-state index in [4.69, 9.17) is 37.9 Å². The lowest BCUT2D eigenvalue weighted by Crippen LogP contribution is -2.56. The number of methoxy groups -OCH3 is 3. The van der Waals surface area contributed by atoms with Crippen molar-refractivity contribution in [3.63, 3.8) is 0 Å². The van der Waals surface area contributed by atoms with Crippen LogP contribution in [0.25, 0.3) is 21.9 Å². The van der Waals surface area contributed by atoms with Crippen molar-refractivity contribution in [2.45, 2.75) is 38.1 Å². The number of fused-ring (bicyclic) bond motifs is 3. The molecule has 1 N–H and O–H groups in total. The molecule has 0 radical (unpaired) electrons. The number of aliphatic hydroxyl groups excluding tert-OH is 1. The van der Waals surface area contributed by atoms with Gasteiger partial charge in [0.25, 0.3) is 0 Å². The molecule has 200 valence electrons. The molecule has 3 aliphatic heterocycles. The number of cyclic esters (lactones) is 1. The number of carbonyl (C=O) groups excluding carboxylic acids is 1. The van der Waals surface area contributed by atoms with Gasteiger partial charge in [-0.05, 0) is 47.7 Å². The van der Waals surface area contributed by atoms with Crippen LogP contribution in [0.4, 0.5) is 0 Å². The molecule has 1 saturated heterocycles. The summed E-state index contributed by atoms with van der Waals surface area (Å²) in [6.45, 7) is 2.23. The van der Waals surface area contributed by atoms with Gasteiger partial charge in [0.15, 0.2) is 11.5 Å². The number of hydrogen-bond acceptors (Lipinski definition) is 10. The number of esters is 1. The molecule has 0 aromatic heterocycles. The molecule has 6 rings (SSSR count). The summed E-state index contributed by atoms with van der Waals surface area (Å²) in [5.41, 5.74) is 3.23. The van der Waals surface area contributed by atoms with Crippen LogP contribution >= 0.6 is 0 Å². The van der Waals surface area contributed by atoms with Crippen molar-refractivity contribution < 1.29 is 47.8 Å². The van der Waals surface area contributed by atoms with E-state index in [9.17, 15) is 9.90 Å². The topological polar surface area (TPSA) is 111 Å². The smallest absolute Gasteiger partial charge is 0.339 e. The largest absolute Gasteiger partial charge is 0.496 e. The molecule has 3 aromatic carbocycles. The molecule has 0 aliphatic carbocycles. The number of benzene rings is 3. The SMILES string of the molecule is COc1cc2c(-c3ccc4c(c3)OCO4)c3c(c(OC4OCC(OC)C(OC)C4O)c2cc1C)COC3=O. The first-order valence-electron chi connectivity index (χ1n) is 12.2. The Morgan fingerprint density at radius 2 is 1.76 bits per heavy atom. The summed E-state index contributed by atoms with van der Waals surface area (Å²) in [5.74, 6) is 1.79. The minimum atomic E-state index is -1.14. The van der Waals surface area contributed by atoms with Crippen molar-refractivity contribution in [3.8, 4) is 34.1 Å². The molecule has 1 fully saturated rings. The Bertz CT molecular complexity index is 1420. The fourth-order valence-electron chi connectivity index (χ4n) is 5.39. The highest BCUT2D eigenvalue weighted by atomic mass is 16.7. The van der Waals surface area contributed by atoms with Crippen LogP contribution in [0.15, 0.2) is 30.3 Å². The number of aryl methyl sites for hydroxylation is 1. The first-order valence-corrected chi connectivity index (χ1v) is 12.2. The summed E-state index contributed by atoms with van der Waals surface area (Å²) in [5, 5.41) is 12.4. The molecular weight excluding hydrogens is 496 g/mol. The van der Waals surface area contributed by atoms with E-state index < -0.39 is 30.6 Å². The van der Waals surface area contributed by atoms with Gasteiger partial charge in [0.2, 0.25) is 13.1 Å². The van der Waals surface area contributed by atoms with Gasteiger partial charge < -0.3 is 43.0 Å². The Morgan fingerprint density at radius 3 is 2.53 bits per heavy atom. The quantitative estimate of drug-likeness (QED) is 0.482. The molecule has 10 heteroatoms. The van der Waals surface area contributed by atoms with Gasteiger partial charge in [0, 0.05) is 30.7 Å². The zero-order valence-electron chi connectivity index (χ0n) is 21.4. The molecule has 0 saturated carbocycles. The van der Waals surface area contributed by atoms with E-state index in [1.807, 2.05) is 37.3 Å². The molecule has 3 aliphatic rings. The molecule has 38 heavy (non-hydrogen) atoms. The average Bonchev–Trinajstić information content (AvgIpc) is 3.55. The highest BCUT2D eigenvalue weighted by molar-refractivity contribution is 6.13. The van der Waals surface area contributed by atoms with E-state index in [0.717, 1.165) is 11.1 Å². The normalized spacial score (nSPS) is 23.9. The Kier molecular flexibility index (Phi) is 6.27. The molecule has 4 unspecified atom stereocenters. The Morgan fingerprint density at radius 1 is 0.947 bits per heavy atom. The lowest BCUT2D eigenvalue weighted by molar-refractivity contribution is -0.252. The molecule has 3 heterocycles. The van der Waals surface area contributed by atoms with E-state index >= 15 is 0 Å². The minimum absolute atomic E-state index is 0.0132. The van der Waals surface area contributed by atoms with Gasteiger partial charge in [-0.15, -0.1) is 0 Å². The second-order valence-corrected chi connectivity index (χ2v) is 9.35. The van der Waals surface area contributed by atoms with Crippen LogP contribution in [0.2, 0.25) is 0 Å². The van der Waals surface area contributed by atoms with Crippen LogP contribution in [-0.4, -0.2) is 70.4 Å². The van der Waals surface area contributed by atoms with Gasteiger partial charge in [-0.25, -0.2) is 4.79 Å². The fraction of sp³-hybridized carbons (Fsp3) is 0.393. The van der Waals surface area contributed by atoms with Crippen molar-refractivity contribution in [3.05, 3.63) is 47.0 Å². The van der Waals surface area contributed by atoms with Crippen LogP contribution in [-0.2, 0) is 25.6 Å². The van der Waals surface area contributed by atoms with Gasteiger partial charge in [0.1, 0.15) is 36.4 Å². The van der Waals surface area contributed by atoms with Crippen LogP contribution in [0.1, 0.15) is 21.5 Å². The Balaban J connectivity index is 1.56. The van der Waals surface area contributed by atoms with E-state index in [2.05, 4.69) is 0 Å². The van der Waals surface area contributed by atoms with Gasteiger partial charge in [0.05, 0.1) is 19.3 Å². The molecule has 10 nitrogen and oxygen atoms in total. The lowest BCUT2D eigenvalue weighted by Gasteiger charge is -2.38. The number of aliphatic hydroxyl groups is 1. The Hall–Kier alpha value is -3.57. The molecule has 4 atom stereocenters. The van der Waals surface area contributed by atoms with Crippen molar-refractivity contribution in [1.29, 1.82) is 0 Å². The summed E-state index contributed by atoms with van der Waals surface area (Å²) in [4.78, 5) is 13.2. The van der Waals surface area contributed by atoms with E-state index in [1.165, 1.54) is 14.2 Å². The number of rotatable bonds is 6. The maximum absolute atomic E-state index is 13.2. The third-order valence-electron chi connectivity index (χ3n) is 7.30. The summed E-state index contributed by atoms with van der Waals surface area (Å²) in [6.07, 6.45) is -3.32. The van der Waals surface area contributed by atoms with E-state index in [0.29, 0.717) is 50.5 Å². The Labute approximate surface area is 218 Å². The summed E-state index contributed by atoms with van der Waals surface area (Å²) in [6, 6.07) is 9.35. The standard InChI is InChI=1S/C28H28O10/c1-13-7-16-15(9-19(13)31-2)22(14-5-6-18-20(8-14)37-12-36-18)23-17(10-34-27(23)30)25(16)38-28-24(29)26(33-4)21(32-3)11-35-28/h5-9,21,24,26,28-29H,10-12H2,1-4H3. The number of hydrogen-bond donors (Lipinski definition) is 1. The van der Waals surface area contributed by atoms with Crippen LogP contribution in [0.5, 0.6) is 23.0 Å². The maximum atomic E-state index is 13.2. The predicted molar refractivity (Wildman–Crippen MR) is 134 cm³/mol. The average molecular weight is 525 g/mol. The zero-order valence-corrected chi connectivity index (χ0v) is 21.4. The van der Waals surface area contributed by atoms with E-state index in [1.54, 1.807) is 7.11 Å². The van der Waals surface area contributed by atoms with Gasteiger partial charge in [-0.1, -0.05) is 6.07 Å². The second-order valence-electron chi connectivity index (χ2n) is 9.35. The third-order valence-corrected chi connectivity index (χ3v) is 7.30. The van der Waals surface area contributed by atoms with Gasteiger partial charge in [-0.2, -0.15) is 0 Å². The molecule has 0 spiro atoms. The maximum Gasteiger partial charge on any atom is 0.339 e. The van der Waals surface area contributed by atoms with Crippen molar-refractivity contribution in [2.75, 3.05) is 34.7 Å². The first-order chi connectivity index (χ1) is 18.4. The van der Waals surface area contributed by atoms with Crippen LogP contribution in [0, 0.1) is 6.92 Å². The van der Waals surface area contributed by atoms with Crippen molar-refractivity contribution >= 4 is 16.7 Å². The second kappa shape index (κ2) is 9.63. The number of ether oxygens (including phenoxy) is 8. The molecule has 3 aromatic rings. The van der Waals surface area contributed by atoms with Gasteiger partial charge in [-0.3, -0.25) is 0 Å².